The SMILES string of the molecule is CC(C)(C)OC(=O)NCc1ccc(Nc2nc(Cl)ncc2[N+](=O)[O-])cc1. The number of benzene rings is 1. The zero-order valence-corrected chi connectivity index (χ0v) is 15.2. The number of carbonyl (C=O) groups is 1. The zero-order valence-electron chi connectivity index (χ0n) is 14.4. The molecular weight excluding hydrogens is 362 g/mol. The molecule has 0 saturated carbocycles. The fraction of sp³-hybridized carbons (Fsp3) is 0.312. The first-order chi connectivity index (χ1) is 12.1. The van der Waals surface area contributed by atoms with Crippen molar-refractivity contribution in [1.82, 2.24) is 15.3 Å². The van der Waals surface area contributed by atoms with E-state index in [0.29, 0.717) is 5.69 Å². The predicted molar refractivity (Wildman–Crippen MR) is 96.5 cm³/mol. The molecule has 0 spiro atoms. The lowest BCUT2D eigenvalue weighted by atomic mass is 10.2. The lowest BCUT2D eigenvalue weighted by Crippen LogP contribution is -2.32. The maximum Gasteiger partial charge on any atom is 0.407 e. The minimum Gasteiger partial charge on any atom is -0.444 e. The van der Waals surface area contributed by atoms with Gasteiger partial charge in [0.1, 0.15) is 11.8 Å². The van der Waals surface area contributed by atoms with Gasteiger partial charge in [0.15, 0.2) is 0 Å². The molecule has 1 amide bonds. The molecule has 0 bridgehead atoms. The number of hydrogen-bond donors (Lipinski definition) is 2. The Morgan fingerprint density at radius 3 is 2.54 bits per heavy atom. The second kappa shape index (κ2) is 7.96. The molecule has 138 valence electrons. The second-order valence-corrected chi connectivity index (χ2v) is 6.65. The number of anilines is 2. The van der Waals surface area contributed by atoms with Crippen LogP contribution in [0.3, 0.4) is 0 Å². The molecule has 26 heavy (non-hydrogen) atoms. The summed E-state index contributed by atoms with van der Waals surface area (Å²) in [7, 11) is 0. The van der Waals surface area contributed by atoms with Gasteiger partial charge in [-0.05, 0) is 50.1 Å². The number of hydrogen-bond acceptors (Lipinski definition) is 7. The van der Waals surface area contributed by atoms with Gasteiger partial charge in [-0.3, -0.25) is 10.1 Å². The van der Waals surface area contributed by atoms with Crippen molar-refractivity contribution in [2.75, 3.05) is 5.32 Å². The van der Waals surface area contributed by atoms with Gasteiger partial charge in [0.2, 0.25) is 11.1 Å². The fourth-order valence-corrected chi connectivity index (χ4v) is 2.04. The summed E-state index contributed by atoms with van der Waals surface area (Å²) in [6.07, 6.45) is 0.530. The van der Waals surface area contributed by atoms with Crippen molar-refractivity contribution >= 4 is 34.9 Å². The molecule has 1 heterocycles. The molecule has 1 aromatic carbocycles. The molecule has 9 nitrogen and oxygen atoms in total. The van der Waals surface area contributed by atoms with Crippen molar-refractivity contribution in [1.29, 1.82) is 0 Å². The molecule has 0 saturated heterocycles. The van der Waals surface area contributed by atoms with Gasteiger partial charge in [0.25, 0.3) is 0 Å². The first-order valence-electron chi connectivity index (χ1n) is 7.64. The Morgan fingerprint density at radius 2 is 1.96 bits per heavy atom. The number of rotatable bonds is 5. The summed E-state index contributed by atoms with van der Waals surface area (Å²) in [5.41, 5.74) is 0.552. The Hall–Kier alpha value is -2.94. The van der Waals surface area contributed by atoms with Crippen molar-refractivity contribution in [2.24, 2.45) is 0 Å². The Balaban J connectivity index is 2.01. The van der Waals surface area contributed by atoms with Crippen LogP contribution in [0.2, 0.25) is 5.28 Å². The quantitative estimate of drug-likeness (QED) is 0.460. The maximum atomic E-state index is 11.6. The van der Waals surface area contributed by atoms with Crippen molar-refractivity contribution in [3.05, 3.63) is 51.4 Å². The molecule has 0 aliphatic rings. The zero-order chi connectivity index (χ0) is 19.3. The van der Waals surface area contributed by atoms with E-state index in [9.17, 15) is 14.9 Å². The van der Waals surface area contributed by atoms with Crippen molar-refractivity contribution in [2.45, 2.75) is 32.9 Å². The number of carbonyl (C=O) groups excluding carboxylic acids is 1. The van der Waals surface area contributed by atoms with E-state index in [-0.39, 0.29) is 23.3 Å². The van der Waals surface area contributed by atoms with E-state index in [4.69, 9.17) is 16.3 Å². The summed E-state index contributed by atoms with van der Waals surface area (Å²) < 4.78 is 5.16. The molecule has 0 atom stereocenters. The van der Waals surface area contributed by atoms with Crippen LogP contribution in [0.5, 0.6) is 0 Å². The van der Waals surface area contributed by atoms with Crippen LogP contribution in [-0.2, 0) is 11.3 Å². The number of nitrogens with one attached hydrogen (secondary N) is 2. The van der Waals surface area contributed by atoms with Crippen LogP contribution in [-0.4, -0.2) is 26.6 Å². The topological polar surface area (TPSA) is 119 Å². The Kier molecular flexibility index (Phi) is 5.93. The molecular formula is C16H18ClN5O4. The van der Waals surface area contributed by atoms with Crippen molar-refractivity contribution in [3.8, 4) is 0 Å². The van der Waals surface area contributed by atoms with Crippen LogP contribution in [0.4, 0.5) is 22.0 Å². The minimum atomic E-state index is -0.599. The third-order valence-corrected chi connectivity index (χ3v) is 3.17. The Bertz CT molecular complexity index is 805. The van der Waals surface area contributed by atoms with Crippen LogP contribution in [0, 0.1) is 10.1 Å². The summed E-state index contributed by atoms with van der Waals surface area (Å²) in [5, 5.41) is 16.4. The van der Waals surface area contributed by atoms with E-state index in [1.54, 1.807) is 45.0 Å². The van der Waals surface area contributed by atoms with Crippen molar-refractivity contribution in [3.63, 3.8) is 0 Å². The van der Waals surface area contributed by atoms with Crippen molar-refractivity contribution < 1.29 is 14.5 Å². The number of ether oxygens (including phenoxy) is 1. The van der Waals surface area contributed by atoms with Crippen LogP contribution in [0.1, 0.15) is 26.3 Å². The molecule has 0 aliphatic carbocycles. The van der Waals surface area contributed by atoms with Crippen LogP contribution in [0.25, 0.3) is 0 Å². The summed E-state index contributed by atoms with van der Waals surface area (Å²) in [4.78, 5) is 29.5. The number of nitro groups is 1. The molecule has 2 aromatic rings. The first-order valence-corrected chi connectivity index (χ1v) is 8.01. The number of amides is 1. The number of halogens is 1. The Morgan fingerprint density at radius 1 is 1.31 bits per heavy atom. The van der Waals surface area contributed by atoms with Gasteiger partial charge in [-0.2, -0.15) is 4.98 Å². The highest BCUT2D eigenvalue weighted by atomic mass is 35.5. The summed E-state index contributed by atoms with van der Waals surface area (Å²) in [6, 6.07) is 6.92. The van der Waals surface area contributed by atoms with Gasteiger partial charge < -0.3 is 15.4 Å². The molecule has 0 aliphatic heterocycles. The molecule has 10 heteroatoms. The first kappa shape index (κ1) is 19.4. The average molecular weight is 380 g/mol. The highest BCUT2D eigenvalue weighted by Crippen LogP contribution is 2.25. The highest BCUT2D eigenvalue weighted by molar-refractivity contribution is 6.28. The largest absolute Gasteiger partial charge is 0.444 e. The molecule has 1 aromatic heterocycles. The predicted octanol–water partition coefficient (Wildman–Crippen LogP) is 3.81. The number of aromatic nitrogens is 2. The van der Waals surface area contributed by atoms with Gasteiger partial charge >= 0.3 is 11.8 Å². The monoisotopic (exact) mass is 379 g/mol. The maximum absolute atomic E-state index is 11.6. The van der Waals surface area contributed by atoms with Crippen LogP contribution >= 0.6 is 11.6 Å². The number of alkyl carbamates (subject to hydrolysis) is 1. The third-order valence-electron chi connectivity index (χ3n) is 2.99. The smallest absolute Gasteiger partial charge is 0.407 e. The van der Waals surface area contributed by atoms with E-state index < -0.39 is 16.6 Å². The van der Waals surface area contributed by atoms with Gasteiger partial charge in [-0.15, -0.1) is 0 Å². The molecule has 0 fully saturated rings. The van der Waals surface area contributed by atoms with Gasteiger partial charge in [-0.1, -0.05) is 12.1 Å². The summed E-state index contributed by atoms with van der Waals surface area (Å²) >= 11 is 5.69. The molecule has 2 rings (SSSR count). The van der Waals surface area contributed by atoms with Crippen LogP contribution < -0.4 is 10.6 Å². The van der Waals surface area contributed by atoms with E-state index in [0.717, 1.165) is 11.8 Å². The fourth-order valence-electron chi connectivity index (χ4n) is 1.91. The minimum absolute atomic E-state index is 0.00497. The molecule has 0 unspecified atom stereocenters. The summed E-state index contributed by atoms with van der Waals surface area (Å²) in [5.74, 6) is -0.00497. The van der Waals surface area contributed by atoms with Crippen LogP contribution in [0.15, 0.2) is 30.5 Å². The normalized spacial score (nSPS) is 10.9. The number of nitrogens with zero attached hydrogens (tertiary/aromatic N) is 3. The van der Waals surface area contributed by atoms with E-state index >= 15 is 0 Å². The standard InChI is InChI=1S/C16H18ClN5O4/c1-16(2,3)26-15(23)19-8-10-4-6-11(7-5-10)20-13-12(22(24)25)9-18-14(17)21-13/h4-7,9H,8H2,1-3H3,(H,19,23)(H,18,20,21). The van der Waals surface area contributed by atoms with Gasteiger partial charge in [0, 0.05) is 12.2 Å². The van der Waals surface area contributed by atoms with Gasteiger partial charge in [-0.25, -0.2) is 9.78 Å². The Labute approximate surface area is 154 Å². The van der Waals surface area contributed by atoms with E-state index in [2.05, 4.69) is 20.6 Å². The van der Waals surface area contributed by atoms with E-state index in [1.807, 2.05) is 0 Å². The molecule has 2 N–H and O–H groups in total. The van der Waals surface area contributed by atoms with E-state index in [1.165, 1.54) is 0 Å². The lowest BCUT2D eigenvalue weighted by molar-refractivity contribution is -0.384. The second-order valence-electron chi connectivity index (χ2n) is 6.31. The highest BCUT2D eigenvalue weighted by Gasteiger charge is 2.17. The summed E-state index contributed by atoms with van der Waals surface area (Å²) in [6.45, 7) is 5.64. The third kappa shape index (κ3) is 5.85. The molecule has 0 radical (unpaired) electrons. The average Bonchev–Trinajstić information content (AvgIpc) is 2.52. The van der Waals surface area contributed by atoms with Gasteiger partial charge in [0.05, 0.1) is 4.92 Å². The lowest BCUT2D eigenvalue weighted by Gasteiger charge is -2.19.